The zero-order valence-electron chi connectivity index (χ0n) is 12.4. The molecular formula is C14H22BrN3O. The fraction of sp³-hybridized carbons (Fsp3) is 0.571. The number of nitrogens with one attached hydrogen (secondary N) is 1. The van der Waals surface area contributed by atoms with E-state index in [2.05, 4.69) is 53.9 Å². The van der Waals surface area contributed by atoms with Crippen molar-refractivity contribution in [1.82, 2.24) is 9.88 Å². The van der Waals surface area contributed by atoms with Crippen LogP contribution in [0.15, 0.2) is 16.7 Å². The summed E-state index contributed by atoms with van der Waals surface area (Å²) < 4.78 is 0.798. The quantitative estimate of drug-likeness (QED) is 0.925. The molecule has 0 saturated carbocycles. The summed E-state index contributed by atoms with van der Waals surface area (Å²) in [4.78, 5) is 18.6. The summed E-state index contributed by atoms with van der Waals surface area (Å²) in [6, 6.07) is 1.93. The second kappa shape index (κ2) is 5.90. The van der Waals surface area contributed by atoms with Crippen LogP contribution in [0.2, 0.25) is 0 Å². The van der Waals surface area contributed by atoms with Crippen molar-refractivity contribution >= 4 is 27.7 Å². The first-order chi connectivity index (χ1) is 8.68. The van der Waals surface area contributed by atoms with E-state index in [0.29, 0.717) is 11.4 Å². The van der Waals surface area contributed by atoms with E-state index in [1.807, 2.05) is 7.05 Å². The summed E-state index contributed by atoms with van der Waals surface area (Å²) in [5, 5.41) is 2.96. The minimum absolute atomic E-state index is 0.0272. The largest absolute Gasteiger partial charge is 0.372 e. The molecule has 0 saturated heterocycles. The molecule has 0 radical (unpaired) electrons. The third-order valence-electron chi connectivity index (χ3n) is 3.48. The van der Waals surface area contributed by atoms with Crippen molar-refractivity contribution in [3.05, 3.63) is 22.3 Å². The predicted molar refractivity (Wildman–Crippen MR) is 82.5 cm³/mol. The molecule has 5 heteroatoms. The van der Waals surface area contributed by atoms with Gasteiger partial charge in [0, 0.05) is 30.8 Å². The lowest BCUT2D eigenvalue weighted by molar-refractivity contribution is 0.0630. The van der Waals surface area contributed by atoms with Crippen LogP contribution in [0, 0.1) is 5.41 Å². The molecule has 0 aliphatic carbocycles. The van der Waals surface area contributed by atoms with Crippen LogP contribution in [0.4, 0.5) is 5.82 Å². The van der Waals surface area contributed by atoms with E-state index in [0.717, 1.165) is 4.47 Å². The Kier molecular flexibility index (Phi) is 4.96. The lowest BCUT2D eigenvalue weighted by atomic mass is 9.87. The van der Waals surface area contributed by atoms with Gasteiger partial charge in [0.25, 0.3) is 5.91 Å². The number of halogens is 1. The van der Waals surface area contributed by atoms with E-state index < -0.39 is 0 Å². The molecule has 0 fully saturated rings. The molecule has 0 bridgehead atoms. The zero-order chi connectivity index (χ0) is 14.8. The highest BCUT2D eigenvalue weighted by Gasteiger charge is 2.28. The van der Waals surface area contributed by atoms with Gasteiger partial charge in [-0.3, -0.25) is 4.79 Å². The number of pyridine rings is 1. The number of amides is 1. The summed E-state index contributed by atoms with van der Waals surface area (Å²) >= 11 is 3.36. The Balaban J connectivity index is 3.10. The third-order valence-corrected chi connectivity index (χ3v) is 3.91. The Morgan fingerprint density at radius 3 is 2.53 bits per heavy atom. The van der Waals surface area contributed by atoms with E-state index in [1.54, 1.807) is 24.2 Å². The molecular weight excluding hydrogens is 306 g/mol. The van der Waals surface area contributed by atoms with Gasteiger partial charge in [-0.2, -0.15) is 0 Å². The summed E-state index contributed by atoms with van der Waals surface area (Å²) in [6.07, 6.45) is 1.68. The number of carbonyl (C=O) groups excluding carboxylic acids is 1. The predicted octanol–water partition coefficient (Wildman–Crippen LogP) is 3.39. The van der Waals surface area contributed by atoms with Gasteiger partial charge >= 0.3 is 0 Å². The Labute approximate surface area is 123 Å². The first-order valence-corrected chi connectivity index (χ1v) is 7.08. The molecule has 0 spiro atoms. The maximum atomic E-state index is 12.6. The number of carbonyl (C=O) groups is 1. The SMILES string of the molecule is CNc1ncc(Br)cc1C(=O)N(C)C(C)C(C)(C)C. The van der Waals surface area contributed by atoms with E-state index in [9.17, 15) is 4.79 Å². The Bertz CT molecular complexity index is 468. The topological polar surface area (TPSA) is 45.2 Å². The molecule has 0 aliphatic rings. The van der Waals surface area contributed by atoms with Crippen LogP contribution in [-0.4, -0.2) is 35.9 Å². The second-order valence-electron chi connectivity index (χ2n) is 5.76. The van der Waals surface area contributed by atoms with Gasteiger partial charge in [0.05, 0.1) is 5.56 Å². The van der Waals surface area contributed by atoms with Crippen molar-refractivity contribution in [1.29, 1.82) is 0 Å². The van der Waals surface area contributed by atoms with Crippen molar-refractivity contribution in [2.75, 3.05) is 19.4 Å². The van der Waals surface area contributed by atoms with Gasteiger partial charge in [0.15, 0.2) is 0 Å². The number of hydrogen-bond donors (Lipinski definition) is 1. The Morgan fingerprint density at radius 2 is 2.05 bits per heavy atom. The molecule has 1 rings (SSSR count). The molecule has 1 N–H and O–H groups in total. The van der Waals surface area contributed by atoms with E-state index in [1.165, 1.54) is 0 Å². The summed E-state index contributed by atoms with van der Waals surface area (Å²) in [5.74, 6) is 0.571. The lowest BCUT2D eigenvalue weighted by Gasteiger charge is -2.35. The second-order valence-corrected chi connectivity index (χ2v) is 6.67. The molecule has 1 aromatic rings. The molecule has 1 heterocycles. The van der Waals surface area contributed by atoms with Crippen LogP contribution in [0.25, 0.3) is 0 Å². The molecule has 1 amide bonds. The molecule has 106 valence electrons. The zero-order valence-corrected chi connectivity index (χ0v) is 14.0. The molecule has 1 unspecified atom stereocenters. The first kappa shape index (κ1) is 16.0. The van der Waals surface area contributed by atoms with Crippen molar-refractivity contribution in [3.8, 4) is 0 Å². The van der Waals surface area contributed by atoms with Crippen molar-refractivity contribution in [3.63, 3.8) is 0 Å². The standard InChI is InChI=1S/C14H22BrN3O/c1-9(14(2,3)4)18(6)13(19)11-7-10(15)8-17-12(11)16-5/h7-9H,1-6H3,(H,16,17). The number of rotatable bonds is 3. The van der Waals surface area contributed by atoms with Gasteiger partial charge in [0.2, 0.25) is 0 Å². The van der Waals surface area contributed by atoms with E-state index >= 15 is 0 Å². The molecule has 0 aliphatic heterocycles. The van der Waals surface area contributed by atoms with Gasteiger partial charge < -0.3 is 10.2 Å². The van der Waals surface area contributed by atoms with Crippen molar-refractivity contribution < 1.29 is 4.79 Å². The third kappa shape index (κ3) is 3.69. The molecule has 0 aromatic carbocycles. The Hall–Kier alpha value is -1.10. The van der Waals surface area contributed by atoms with Crippen LogP contribution in [0.3, 0.4) is 0 Å². The molecule has 19 heavy (non-hydrogen) atoms. The normalized spacial score (nSPS) is 13.0. The highest BCUT2D eigenvalue weighted by atomic mass is 79.9. The van der Waals surface area contributed by atoms with Gasteiger partial charge in [-0.1, -0.05) is 20.8 Å². The minimum atomic E-state index is -0.0272. The molecule has 4 nitrogen and oxygen atoms in total. The van der Waals surface area contributed by atoms with Gasteiger partial charge in [-0.25, -0.2) is 4.98 Å². The van der Waals surface area contributed by atoms with E-state index in [4.69, 9.17) is 0 Å². The van der Waals surface area contributed by atoms with Crippen LogP contribution >= 0.6 is 15.9 Å². The van der Waals surface area contributed by atoms with Crippen LogP contribution in [0.5, 0.6) is 0 Å². The summed E-state index contributed by atoms with van der Waals surface area (Å²) in [6.45, 7) is 8.43. The summed E-state index contributed by atoms with van der Waals surface area (Å²) in [5.41, 5.74) is 0.611. The van der Waals surface area contributed by atoms with Gasteiger partial charge in [0.1, 0.15) is 5.82 Å². The average Bonchev–Trinajstić information content (AvgIpc) is 2.34. The Morgan fingerprint density at radius 1 is 1.47 bits per heavy atom. The fourth-order valence-corrected chi connectivity index (χ4v) is 2.08. The highest BCUT2D eigenvalue weighted by Crippen LogP contribution is 2.26. The van der Waals surface area contributed by atoms with Crippen molar-refractivity contribution in [2.45, 2.75) is 33.7 Å². The molecule has 1 aromatic heterocycles. The number of nitrogens with zero attached hydrogens (tertiary/aromatic N) is 2. The number of anilines is 1. The smallest absolute Gasteiger partial charge is 0.257 e. The van der Waals surface area contributed by atoms with Gasteiger partial charge in [-0.05, 0) is 34.3 Å². The van der Waals surface area contributed by atoms with Gasteiger partial charge in [-0.15, -0.1) is 0 Å². The van der Waals surface area contributed by atoms with Crippen molar-refractivity contribution in [2.24, 2.45) is 5.41 Å². The maximum Gasteiger partial charge on any atom is 0.257 e. The van der Waals surface area contributed by atoms with E-state index in [-0.39, 0.29) is 17.4 Å². The van der Waals surface area contributed by atoms with Crippen LogP contribution in [-0.2, 0) is 0 Å². The first-order valence-electron chi connectivity index (χ1n) is 6.29. The number of aromatic nitrogens is 1. The van der Waals surface area contributed by atoms with Crippen LogP contribution in [0.1, 0.15) is 38.1 Å². The van der Waals surface area contributed by atoms with Crippen LogP contribution < -0.4 is 5.32 Å². The monoisotopic (exact) mass is 327 g/mol. The lowest BCUT2D eigenvalue weighted by Crippen LogP contribution is -2.43. The summed E-state index contributed by atoms with van der Waals surface area (Å²) in [7, 11) is 3.60. The maximum absolute atomic E-state index is 12.6. The number of hydrogen-bond acceptors (Lipinski definition) is 3. The molecule has 1 atom stereocenters. The fourth-order valence-electron chi connectivity index (χ4n) is 1.75. The highest BCUT2D eigenvalue weighted by molar-refractivity contribution is 9.10. The minimum Gasteiger partial charge on any atom is -0.372 e. The average molecular weight is 328 g/mol.